The monoisotopic (exact) mass is 441 g/mol. The Labute approximate surface area is 193 Å². The Kier molecular flexibility index (Phi) is 5.69. The average molecular weight is 442 g/mol. The van der Waals surface area contributed by atoms with E-state index >= 15 is 0 Å². The van der Waals surface area contributed by atoms with E-state index in [9.17, 15) is 9.59 Å². The minimum Gasteiger partial charge on any atom is -0.353 e. The summed E-state index contributed by atoms with van der Waals surface area (Å²) in [6.07, 6.45) is 1.79. The second-order valence-electron chi connectivity index (χ2n) is 8.60. The number of urea groups is 1. The van der Waals surface area contributed by atoms with Gasteiger partial charge in [-0.15, -0.1) is 0 Å². The van der Waals surface area contributed by atoms with Gasteiger partial charge in [0.25, 0.3) is 5.91 Å². The van der Waals surface area contributed by atoms with Crippen molar-refractivity contribution in [2.75, 3.05) is 36.4 Å². The third kappa shape index (κ3) is 4.53. The second kappa shape index (κ2) is 8.94. The summed E-state index contributed by atoms with van der Waals surface area (Å²) in [6, 6.07) is 19.2. The zero-order chi connectivity index (χ0) is 22.8. The van der Waals surface area contributed by atoms with E-state index in [1.54, 1.807) is 35.4 Å². The fourth-order valence-electron chi connectivity index (χ4n) is 4.43. The molecule has 2 aliphatic rings. The Morgan fingerprint density at radius 1 is 0.848 bits per heavy atom. The standard InChI is InChI=1S/C26H27N5O2/c1-19-5-6-21-17-31(18-22(21)16-19)26(33)28-23-9-7-20(8-10-23)25(32)30-14-12-29(13-15-30)24-4-2-3-11-27-24/h2-11,16H,12-15,17-18H2,1H3,(H,28,33). The van der Waals surface area contributed by atoms with Crippen LogP contribution in [0.5, 0.6) is 0 Å². The van der Waals surface area contributed by atoms with Crippen LogP contribution in [0.15, 0.2) is 66.9 Å². The van der Waals surface area contributed by atoms with Crippen molar-refractivity contribution >= 4 is 23.4 Å². The summed E-state index contributed by atoms with van der Waals surface area (Å²) in [5.74, 6) is 0.958. The quantitative estimate of drug-likeness (QED) is 0.669. The molecule has 3 aromatic rings. The largest absolute Gasteiger partial charge is 0.353 e. The molecule has 0 saturated carbocycles. The third-order valence-corrected chi connectivity index (χ3v) is 6.29. The van der Waals surface area contributed by atoms with Crippen LogP contribution in [0, 0.1) is 6.92 Å². The smallest absolute Gasteiger partial charge is 0.322 e. The van der Waals surface area contributed by atoms with E-state index in [2.05, 4.69) is 40.3 Å². The van der Waals surface area contributed by atoms with Crippen LogP contribution < -0.4 is 10.2 Å². The van der Waals surface area contributed by atoms with Gasteiger partial charge in [-0.3, -0.25) is 4.79 Å². The van der Waals surface area contributed by atoms with Gasteiger partial charge in [-0.2, -0.15) is 0 Å². The summed E-state index contributed by atoms with van der Waals surface area (Å²) < 4.78 is 0. The van der Waals surface area contributed by atoms with Crippen LogP contribution in [-0.4, -0.2) is 52.9 Å². The fourth-order valence-corrected chi connectivity index (χ4v) is 4.43. The number of carbonyl (C=O) groups is 2. The van der Waals surface area contributed by atoms with Gasteiger partial charge < -0.3 is 20.0 Å². The van der Waals surface area contributed by atoms with Gasteiger partial charge in [-0.1, -0.05) is 29.8 Å². The molecular formula is C26H27N5O2. The SMILES string of the molecule is Cc1ccc2c(c1)CN(C(=O)Nc1ccc(C(=O)N3CCN(c4ccccn4)CC3)cc1)C2. The number of hydrogen-bond acceptors (Lipinski definition) is 4. The van der Waals surface area contributed by atoms with Crippen LogP contribution in [0.4, 0.5) is 16.3 Å². The number of benzene rings is 2. The highest BCUT2D eigenvalue weighted by atomic mass is 16.2. The lowest BCUT2D eigenvalue weighted by atomic mass is 10.1. The molecule has 0 atom stereocenters. The number of nitrogens with one attached hydrogen (secondary N) is 1. The lowest BCUT2D eigenvalue weighted by Crippen LogP contribution is -2.49. The normalized spacial score (nSPS) is 15.4. The first-order valence-electron chi connectivity index (χ1n) is 11.3. The highest BCUT2D eigenvalue weighted by molar-refractivity contribution is 5.95. The van der Waals surface area contributed by atoms with Crippen molar-refractivity contribution in [3.8, 4) is 0 Å². The third-order valence-electron chi connectivity index (χ3n) is 6.29. The van der Waals surface area contributed by atoms with Crippen LogP contribution in [-0.2, 0) is 13.1 Å². The van der Waals surface area contributed by atoms with Gasteiger partial charge in [0, 0.05) is 56.7 Å². The molecule has 33 heavy (non-hydrogen) atoms. The van der Waals surface area contributed by atoms with E-state index < -0.39 is 0 Å². The summed E-state index contributed by atoms with van der Waals surface area (Å²) in [6.45, 7) is 6.12. The number of hydrogen-bond donors (Lipinski definition) is 1. The highest BCUT2D eigenvalue weighted by Crippen LogP contribution is 2.24. The number of aromatic nitrogens is 1. The molecule has 168 valence electrons. The van der Waals surface area contributed by atoms with Gasteiger partial charge in [0.2, 0.25) is 0 Å². The first kappa shape index (κ1) is 21.0. The Hall–Kier alpha value is -3.87. The number of anilines is 2. The molecular weight excluding hydrogens is 414 g/mol. The summed E-state index contributed by atoms with van der Waals surface area (Å²) in [5, 5.41) is 2.95. The predicted octanol–water partition coefficient (Wildman–Crippen LogP) is 3.90. The topological polar surface area (TPSA) is 68.8 Å². The minimum atomic E-state index is -0.131. The number of fused-ring (bicyclic) bond motifs is 1. The van der Waals surface area contributed by atoms with Gasteiger partial charge in [0.05, 0.1) is 0 Å². The maximum Gasteiger partial charge on any atom is 0.322 e. The first-order chi connectivity index (χ1) is 16.1. The molecule has 0 radical (unpaired) electrons. The second-order valence-corrected chi connectivity index (χ2v) is 8.60. The summed E-state index contributed by atoms with van der Waals surface area (Å²) in [7, 11) is 0. The van der Waals surface area contributed by atoms with Crippen LogP contribution in [0.25, 0.3) is 0 Å². The van der Waals surface area contributed by atoms with Crippen molar-refractivity contribution in [1.82, 2.24) is 14.8 Å². The van der Waals surface area contributed by atoms with Crippen molar-refractivity contribution in [2.24, 2.45) is 0 Å². The van der Waals surface area contributed by atoms with Gasteiger partial charge in [0.15, 0.2) is 0 Å². The maximum absolute atomic E-state index is 12.9. The zero-order valence-electron chi connectivity index (χ0n) is 18.7. The Morgan fingerprint density at radius 3 is 2.33 bits per heavy atom. The number of amides is 3. The molecule has 1 N–H and O–H groups in total. The Morgan fingerprint density at radius 2 is 1.61 bits per heavy atom. The van der Waals surface area contributed by atoms with Crippen molar-refractivity contribution in [3.63, 3.8) is 0 Å². The maximum atomic E-state index is 12.9. The van der Waals surface area contributed by atoms with E-state index in [1.807, 2.05) is 23.1 Å². The predicted molar refractivity (Wildman–Crippen MR) is 128 cm³/mol. The molecule has 0 aliphatic carbocycles. The van der Waals surface area contributed by atoms with E-state index in [-0.39, 0.29) is 11.9 Å². The van der Waals surface area contributed by atoms with Crippen molar-refractivity contribution in [1.29, 1.82) is 0 Å². The number of nitrogens with zero attached hydrogens (tertiary/aromatic N) is 4. The minimum absolute atomic E-state index is 0.0129. The summed E-state index contributed by atoms with van der Waals surface area (Å²) in [5.41, 5.74) is 4.91. The van der Waals surface area contributed by atoms with Gasteiger partial charge in [0.1, 0.15) is 5.82 Å². The molecule has 0 unspecified atom stereocenters. The first-order valence-corrected chi connectivity index (χ1v) is 11.3. The summed E-state index contributed by atoms with van der Waals surface area (Å²) in [4.78, 5) is 35.9. The molecule has 2 aliphatic heterocycles. The number of aryl methyl sites for hydroxylation is 1. The van der Waals surface area contributed by atoms with Gasteiger partial charge in [-0.25, -0.2) is 9.78 Å². The molecule has 5 rings (SSSR count). The van der Waals surface area contributed by atoms with Crippen LogP contribution in [0.2, 0.25) is 0 Å². The lowest BCUT2D eigenvalue weighted by molar-refractivity contribution is 0.0746. The Bertz CT molecular complexity index is 1160. The molecule has 3 heterocycles. The lowest BCUT2D eigenvalue weighted by Gasteiger charge is -2.35. The van der Waals surface area contributed by atoms with Crippen LogP contribution in [0.1, 0.15) is 27.0 Å². The Balaban J connectivity index is 1.15. The number of pyridine rings is 1. The molecule has 1 fully saturated rings. The number of carbonyl (C=O) groups excluding carboxylic acids is 2. The molecule has 3 amide bonds. The number of rotatable bonds is 3. The van der Waals surface area contributed by atoms with Crippen molar-refractivity contribution < 1.29 is 9.59 Å². The number of piperazine rings is 1. The van der Waals surface area contributed by atoms with Crippen LogP contribution in [0.3, 0.4) is 0 Å². The van der Waals surface area contributed by atoms with E-state index in [0.29, 0.717) is 37.4 Å². The average Bonchev–Trinajstić information content (AvgIpc) is 3.28. The molecule has 0 spiro atoms. The fraction of sp³-hybridized carbons (Fsp3) is 0.269. The molecule has 7 heteroatoms. The molecule has 2 aromatic carbocycles. The van der Waals surface area contributed by atoms with Crippen molar-refractivity contribution in [2.45, 2.75) is 20.0 Å². The molecule has 1 aromatic heterocycles. The van der Waals surface area contributed by atoms with E-state index in [1.165, 1.54) is 16.7 Å². The highest BCUT2D eigenvalue weighted by Gasteiger charge is 2.24. The van der Waals surface area contributed by atoms with E-state index in [4.69, 9.17) is 0 Å². The summed E-state index contributed by atoms with van der Waals surface area (Å²) >= 11 is 0. The van der Waals surface area contributed by atoms with Gasteiger partial charge in [-0.05, 0) is 54.4 Å². The molecule has 1 saturated heterocycles. The zero-order valence-corrected chi connectivity index (χ0v) is 18.7. The molecule has 7 nitrogen and oxygen atoms in total. The van der Waals surface area contributed by atoms with E-state index in [0.717, 1.165) is 18.9 Å². The van der Waals surface area contributed by atoms with Crippen LogP contribution >= 0.6 is 0 Å². The molecule has 0 bridgehead atoms. The van der Waals surface area contributed by atoms with Gasteiger partial charge >= 0.3 is 6.03 Å². The van der Waals surface area contributed by atoms with Crippen molar-refractivity contribution in [3.05, 3.63) is 89.1 Å².